The molecule has 7 heteroatoms. The number of carboxylic acids is 1. The maximum atomic E-state index is 13.0. The predicted molar refractivity (Wildman–Crippen MR) is 69.2 cm³/mol. The lowest BCUT2D eigenvalue weighted by molar-refractivity contribution is -0.259. The molecule has 118 valence electrons. The van der Waals surface area contributed by atoms with Crippen LogP contribution in [0.25, 0.3) is 0 Å². The lowest BCUT2D eigenvalue weighted by Gasteiger charge is -2.29. The van der Waals surface area contributed by atoms with Gasteiger partial charge in [0.2, 0.25) is 0 Å². The van der Waals surface area contributed by atoms with E-state index in [1.54, 1.807) is 0 Å². The molecule has 1 rings (SSSR count). The number of aliphatic hydroxyl groups is 1. The van der Waals surface area contributed by atoms with Crippen molar-refractivity contribution >= 4 is 5.97 Å². The minimum atomic E-state index is -4.83. The molecule has 0 radical (unpaired) electrons. The number of rotatable bonds is 6. The third-order valence-electron chi connectivity index (χ3n) is 3.23. The summed E-state index contributed by atoms with van der Waals surface area (Å²) < 4.78 is 43.8. The fourth-order valence-electron chi connectivity index (χ4n) is 1.96. The molecule has 0 amide bonds. The first-order chi connectivity index (χ1) is 9.59. The van der Waals surface area contributed by atoms with Gasteiger partial charge in [-0.3, -0.25) is 4.79 Å². The average Bonchev–Trinajstić information content (AvgIpc) is 2.36. The third-order valence-corrected chi connectivity index (χ3v) is 3.23. The Labute approximate surface area is 120 Å². The summed E-state index contributed by atoms with van der Waals surface area (Å²) in [5, 5.41) is 18.4. The van der Waals surface area contributed by atoms with Crippen molar-refractivity contribution in [2.45, 2.75) is 38.0 Å². The smallest absolute Gasteiger partial charge is 0.421 e. The predicted octanol–water partition coefficient (Wildman–Crippen LogP) is 2.87. The van der Waals surface area contributed by atoms with E-state index in [1.807, 2.05) is 0 Å². The van der Waals surface area contributed by atoms with Crippen molar-refractivity contribution in [2.75, 3.05) is 7.11 Å². The van der Waals surface area contributed by atoms with E-state index in [9.17, 15) is 23.1 Å². The van der Waals surface area contributed by atoms with Crippen molar-refractivity contribution in [2.24, 2.45) is 0 Å². The minimum absolute atomic E-state index is 0.102. The van der Waals surface area contributed by atoms with E-state index in [4.69, 9.17) is 9.84 Å². The molecule has 4 nitrogen and oxygen atoms in total. The van der Waals surface area contributed by atoms with Gasteiger partial charge in [-0.25, -0.2) is 0 Å². The standard InChI is InChI=1S/C14H17F3O4/c1-13(20,14(15,16)17)11-7-6-10(21-2)8-9(11)4-3-5-12(18)19/h6-8,20H,3-5H2,1-2H3,(H,18,19). The van der Waals surface area contributed by atoms with Crippen LogP contribution in [0, 0.1) is 0 Å². The number of hydrogen-bond donors (Lipinski definition) is 2. The molecule has 1 aromatic carbocycles. The topological polar surface area (TPSA) is 66.8 Å². The highest BCUT2D eigenvalue weighted by molar-refractivity contribution is 5.66. The Balaban J connectivity index is 3.16. The number of alkyl halides is 3. The van der Waals surface area contributed by atoms with Gasteiger partial charge < -0.3 is 14.9 Å². The maximum absolute atomic E-state index is 13.0. The van der Waals surface area contributed by atoms with E-state index < -0.39 is 17.7 Å². The van der Waals surface area contributed by atoms with E-state index in [0.717, 1.165) is 6.07 Å². The van der Waals surface area contributed by atoms with Crippen LogP contribution in [0.5, 0.6) is 5.75 Å². The summed E-state index contributed by atoms with van der Waals surface area (Å²) in [7, 11) is 1.37. The van der Waals surface area contributed by atoms with Gasteiger partial charge in [0.25, 0.3) is 0 Å². The number of hydrogen-bond acceptors (Lipinski definition) is 3. The zero-order valence-corrected chi connectivity index (χ0v) is 11.7. The van der Waals surface area contributed by atoms with Crippen LogP contribution in [0.4, 0.5) is 13.2 Å². The molecule has 0 aliphatic carbocycles. The highest BCUT2D eigenvalue weighted by atomic mass is 19.4. The Kier molecular flexibility index (Phi) is 5.22. The summed E-state index contributed by atoms with van der Waals surface area (Å²) in [6.45, 7) is 0.676. The van der Waals surface area contributed by atoms with Crippen LogP contribution in [-0.2, 0) is 16.8 Å². The molecular formula is C14H17F3O4. The fourth-order valence-corrected chi connectivity index (χ4v) is 1.96. The molecule has 1 atom stereocenters. The van der Waals surface area contributed by atoms with E-state index in [0.29, 0.717) is 12.7 Å². The second-order valence-electron chi connectivity index (χ2n) is 4.84. The third kappa shape index (κ3) is 4.10. The van der Waals surface area contributed by atoms with Crippen LogP contribution < -0.4 is 4.74 Å². The van der Waals surface area contributed by atoms with Gasteiger partial charge in [-0.1, -0.05) is 6.07 Å². The first-order valence-corrected chi connectivity index (χ1v) is 6.28. The largest absolute Gasteiger partial charge is 0.497 e. The summed E-state index contributed by atoms with van der Waals surface area (Å²) in [6.07, 6.45) is -4.72. The van der Waals surface area contributed by atoms with Crippen LogP contribution in [0.1, 0.15) is 30.9 Å². The Hall–Kier alpha value is -1.76. The van der Waals surface area contributed by atoms with Crippen LogP contribution in [0.2, 0.25) is 0 Å². The summed E-state index contributed by atoms with van der Waals surface area (Å²) in [5.74, 6) is -0.677. The number of aryl methyl sites for hydroxylation is 1. The molecule has 1 unspecified atom stereocenters. The maximum Gasteiger partial charge on any atom is 0.421 e. The van der Waals surface area contributed by atoms with Crippen molar-refractivity contribution in [3.63, 3.8) is 0 Å². The first kappa shape index (κ1) is 17.3. The van der Waals surface area contributed by atoms with Crippen molar-refractivity contribution in [1.29, 1.82) is 0 Å². The molecule has 21 heavy (non-hydrogen) atoms. The van der Waals surface area contributed by atoms with Crippen LogP contribution in [0.15, 0.2) is 18.2 Å². The van der Waals surface area contributed by atoms with Gasteiger partial charge in [0, 0.05) is 6.42 Å². The molecule has 0 heterocycles. The average molecular weight is 306 g/mol. The molecular weight excluding hydrogens is 289 g/mol. The zero-order valence-electron chi connectivity index (χ0n) is 11.7. The number of aliphatic carboxylic acids is 1. The van der Waals surface area contributed by atoms with E-state index in [1.165, 1.54) is 19.2 Å². The SMILES string of the molecule is COc1ccc(C(C)(O)C(F)(F)F)c(CCCC(=O)O)c1. The van der Waals surface area contributed by atoms with Gasteiger partial charge in [0.15, 0.2) is 5.60 Å². The molecule has 2 N–H and O–H groups in total. The van der Waals surface area contributed by atoms with Crippen LogP contribution in [0.3, 0.4) is 0 Å². The first-order valence-electron chi connectivity index (χ1n) is 6.28. The molecule has 0 spiro atoms. The monoisotopic (exact) mass is 306 g/mol. The van der Waals surface area contributed by atoms with Crippen molar-refractivity contribution in [3.05, 3.63) is 29.3 Å². The van der Waals surface area contributed by atoms with Crippen molar-refractivity contribution in [3.8, 4) is 5.75 Å². The van der Waals surface area contributed by atoms with Gasteiger partial charge in [0.05, 0.1) is 7.11 Å². The summed E-state index contributed by atoms with van der Waals surface area (Å²) in [6, 6.07) is 3.87. The number of methoxy groups -OCH3 is 1. The number of halogens is 3. The van der Waals surface area contributed by atoms with Gasteiger partial charge in [0.1, 0.15) is 5.75 Å². The fraction of sp³-hybridized carbons (Fsp3) is 0.500. The molecule has 0 aliphatic heterocycles. The van der Waals surface area contributed by atoms with Crippen LogP contribution in [-0.4, -0.2) is 29.5 Å². The van der Waals surface area contributed by atoms with E-state index in [2.05, 4.69) is 0 Å². The number of benzene rings is 1. The second-order valence-corrected chi connectivity index (χ2v) is 4.84. The minimum Gasteiger partial charge on any atom is -0.497 e. The van der Waals surface area contributed by atoms with E-state index in [-0.39, 0.29) is 30.4 Å². The van der Waals surface area contributed by atoms with Crippen molar-refractivity contribution in [1.82, 2.24) is 0 Å². The Morgan fingerprint density at radius 3 is 2.43 bits per heavy atom. The Bertz CT molecular complexity index is 509. The molecule has 0 aromatic heterocycles. The number of carbonyl (C=O) groups is 1. The van der Waals surface area contributed by atoms with Crippen LogP contribution >= 0.6 is 0 Å². The lowest BCUT2D eigenvalue weighted by Crippen LogP contribution is -2.40. The Morgan fingerprint density at radius 2 is 1.95 bits per heavy atom. The molecule has 1 aromatic rings. The molecule has 0 saturated heterocycles. The molecule has 0 saturated carbocycles. The van der Waals surface area contributed by atoms with E-state index >= 15 is 0 Å². The molecule has 0 fully saturated rings. The normalized spacial score (nSPS) is 14.6. The summed E-state index contributed by atoms with van der Waals surface area (Å²) in [5.41, 5.74) is -3.07. The quantitative estimate of drug-likeness (QED) is 0.848. The summed E-state index contributed by atoms with van der Waals surface area (Å²) >= 11 is 0. The van der Waals surface area contributed by atoms with Gasteiger partial charge >= 0.3 is 12.1 Å². The molecule has 0 aliphatic rings. The van der Waals surface area contributed by atoms with Gasteiger partial charge in [-0.2, -0.15) is 13.2 Å². The zero-order chi connectivity index (χ0) is 16.3. The highest BCUT2D eigenvalue weighted by Gasteiger charge is 2.51. The van der Waals surface area contributed by atoms with Gasteiger partial charge in [-0.15, -0.1) is 0 Å². The number of ether oxygens (including phenoxy) is 1. The van der Waals surface area contributed by atoms with Gasteiger partial charge in [-0.05, 0) is 43.0 Å². The Morgan fingerprint density at radius 1 is 1.33 bits per heavy atom. The highest BCUT2D eigenvalue weighted by Crippen LogP contribution is 2.41. The second kappa shape index (κ2) is 6.34. The van der Waals surface area contributed by atoms with Crippen molar-refractivity contribution < 1.29 is 32.9 Å². The lowest BCUT2D eigenvalue weighted by atomic mass is 9.88. The number of carboxylic acid groups (broad SMARTS) is 1. The molecule has 0 bridgehead atoms. The summed E-state index contributed by atoms with van der Waals surface area (Å²) in [4.78, 5) is 10.5.